The lowest BCUT2D eigenvalue weighted by Crippen LogP contribution is -2.46. The number of piperidine rings is 1. The van der Waals surface area contributed by atoms with Crippen LogP contribution < -0.4 is 16.4 Å². The molecule has 3 aromatic carbocycles. The molecule has 11 heteroatoms. The van der Waals surface area contributed by atoms with Gasteiger partial charge in [0.2, 0.25) is 0 Å². The Labute approximate surface area is 236 Å². The molecule has 0 atom stereocenters. The second kappa shape index (κ2) is 11.7. The van der Waals surface area contributed by atoms with Gasteiger partial charge in [0.05, 0.1) is 12.1 Å². The predicted molar refractivity (Wildman–Crippen MR) is 149 cm³/mol. The van der Waals surface area contributed by atoms with Crippen molar-refractivity contribution in [1.82, 2.24) is 15.1 Å². The SMILES string of the molecule is Nc1ccc(CNC(=O)Nc2ccc(CN3CC4(CCN(Cc5ccc(C(F)(F)F)cc5)CC4)OC3=O)cc2)cc1. The molecule has 2 fully saturated rings. The van der Waals surface area contributed by atoms with Gasteiger partial charge in [0.1, 0.15) is 5.60 Å². The lowest BCUT2D eigenvalue weighted by molar-refractivity contribution is -0.137. The Morgan fingerprint density at radius 2 is 1.46 bits per heavy atom. The minimum Gasteiger partial charge on any atom is -0.441 e. The third-order valence-electron chi connectivity index (χ3n) is 7.51. The Kier molecular flexibility index (Phi) is 8.07. The standard InChI is InChI=1S/C30H32F3N5O3/c31-30(32,33)24-7-1-22(2-8-24)18-37-15-13-29(14-16-37)20-38(28(40)41-29)19-23-5-11-26(12-6-23)36-27(39)35-17-21-3-9-25(34)10-4-21/h1-12H,13-20,34H2,(H2,35,36,39). The number of nitrogens with two attached hydrogens (primary N) is 1. The third kappa shape index (κ3) is 7.29. The molecule has 0 saturated carbocycles. The number of ether oxygens (including phenoxy) is 1. The Bertz CT molecular complexity index is 1350. The number of rotatable bonds is 7. The first-order valence-electron chi connectivity index (χ1n) is 13.4. The van der Waals surface area contributed by atoms with Crippen LogP contribution in [0.5, 0.6) is 0 Å². The second-order valence-electron chi connectivity index (χ2n) is 10.6. The van der Waals surface area contributed by atoms with E-state index in [4.69, 9.17) is 10.5 Å². The van der Waals surface area contributed by atoms with Crippen LogP contribution in [0.1, 0.15) is 35.1 Å². The van der Waals surface area contributed by atoms with Gasteiger partial charge in [-0.3, -0.25) is 9.80 Å². The van der Waals surface area contributed by atoms with Crippen molar-refractivity contribution in [3.8, 4) is 0 Å². The van der Waals surface area contributed by atoms with Crippen LogP contribution in [0.4, 0.5) is 34.1 Å². The van der Waals surface area contributed by atoms with Crippen LogP contribution in [0.2, 0.25) is 0 Å². The number of hydrogen-bond acceptors (Lipinski definition) is 5. The summed E-state index contributed by atoms with van der Waals surface area (Å²) < 4.78 is 44.3. The van der Waals surface area contributed by atoms with Gasteiger partial charge < -0.3 is 21.1 Å². The lowest BCUT2D eigenvalue weighted by Gasteiger charge is -2.37. The largest absolute Gasteiger partial charge is 0.441 e. The molecule has 3 aromatic rings. The molecule has 2 aliphatic heterocycles. The summed E-state index contributed by atoms with van der Waals surface area (Å²) in [6, 6.07) is 19.5. The van der Waals surface area contributed by atoms with Crippen LogP contribution in [-0.2, 0) is 30.5 Å². The number of hydrogen-bond donors (Lipinski definition) is 3. The van der Waals surface area contributed by atoms with Gasteiger partial charge in [-0.15, -0.1) is 0 Å². The van der Waals surface area contributed by atoms with E-state index in [0.29, 0.717) is 63.5 Å². The van der Waals surface area contributed by atoms with E-state index in [1.807, 2.05) is 24.3 Å². The number of likely N-dealkylation sites (tertiary alicyclic amines) is 1. The van der Waals surface area contributed by atoms with Crippen molar-refractivity contribution in [3.63, 3.8) is 0 Å². The van der Waals surface area contributed by atoms with Crippen LogP contribution in [0.3, 0.4) is 0 Å². The van der Waals surface area contributed by atoms with Crippen LogP contribution >= 0.6 is 0 Å². The van der Waals surface area contributed by atoms with Crippen molar-refractivity contribution in [2.24, 2.45) is 0 Å². The molecule has 216 valence electrons. The molecule has 0 aliphatic carbocycles. The fraction of sp³-hybridized carbons (Fsp3) is 0.333. The highest BCUT2D eigenvalue weighted by Crippen LogP contribution is 2.35. The van der Waals surface area contributed by atoms with Crippen molar-refractivity contribution in [3.05, 3.63) is 95.1 Å². The van der Waals surface area contributed by atoms with Gasteiger partial charge in [-0.1, -0.05) is 36.4 Å². The highest BCUT2D eigenvalue weighted by molar-refractivity contribution is 5.89. The zero-order chi connectivity index (χ0) is 29.0. The number of nitrogens with zero attached hydrogens (tertiary/aromatic N) is 2. The van der Waals surface area contributed by atoms with Gasteiger partial charge in [0.15, 0.2) is 0 Å². The van der Waals surface area contributed by atoms with E-state index in [1.165, 1.54) is 12.1 Å². The number of benzene rings is 3. The van der Waals surface area contributed by atoms with Crippen LogP contribution in [0.15, 0.2) is 72.8 Å². The maximum Gasteiger partial charge on any atom is 0.416 e. The highest BCUT2D eigenvalue weighted by atomic mass is 19.4. The fourth-order valence-electron chi connectivity index (χ4n) is 5.16. The molecule has 0 bridgehead atoms. The van der Waals surface area contributed by atoms with Crippen molar-refractivity contribution >= 4 is 23.5 Å². The molecule has 0 radical (unpaired) electrons. The average molecular weight is 568 g/mol. The Balaban J connectivity index is 1.07. The molecule has 2 aliphatic rings. The van der Waals surface area contributed by atoms with E-state index in [0.717, 1.165) is 28.8 Å². The number of amides is 3. The highest BCUT2D eigenvalue weighted by Gasteiger charge is 2.46. The van der Waals surface area contributed by atoms with E-state index in [9.17, 15) is 22.8 Å². The molecule has 0 unspecified atom stereocenters. The average Bonchev–Trinajstić information content (AvgIpc) is 3.24. The van der Waals surface area contributed by atoms with Crippen LogP contribution in [0, 0.1) is 0 Å². The van der Waals surface area contributed by atoms with Crippen LogP contribution in [0.25, 0.3) is 0 Å². The predicted octanol–water partition coefficient (Wildman–Crippen LogP) is 5.60. The maximum absolute atomic E-state index is 12.8. The number of anilines is 2. The van der Waals surface area contributed by atoms with Gasteiger partial charge in [-0.05, 0) is 53.1 Å². The smallest absolute Gasteiger partial charge is 0.416 e. The van der Waals surface area contributed by atoms with E-state index < -0.39 is 17.3 Å². The number of nitrogens with one attached hydrogen (secondary N) is 2. The normalized spacial score (nSPS) is 17.0. The van der Waals surface area contributed by atoms with Gasteiger partial charge in [-0.2, -0.15) is 13.2 Å². The van der Waals surface area contributed by atoms with Gasteiger partial charge >= 0.3 is 18.3 Å². The first-order valence-corrected chi connectivity index (χ1v) is 13.4. The number of nitrogen functional groups attached to an aromatic ring is 1. The Hall–Kier alpha value is -4.25. The molecule has 0 aromatic heterocycles. The summed E-state index contributed by atoms with van der Waals surface area (Å²) in [5.74, 6) is 0. The second-order valence-corrected chi connectivity index (χ2v) is 10.6. The lowest BCUT2D eigenvalue weighted by atomic mass is 9.91. The molecule has 8 nitrogen and oxygen atoms in total. The summed E-state index contributed by atoms with van der Waals surface area (Å²) in [6.45, 7) is 3.15. The van der Waals surface area contributed by atoms with Gasteiger partial charge in [0, 0.05) is 56.9 Å². The Morgan fingerprint density at radius 3 is 2.10 bits per heavy atom. The summed E-state index contributed by atoms with van der Waals surface area (Å²) in [7, 11) is 0. The molecule has 2 saturated heterocycles. The van der Waals surface area contributed by atoms with E-state index in [1.54, 1.807) is 29.2 Å². The summed E-state index contributed by atoms with van der Waals surface area (Å²) in [6.07, 6.45) is -3.39. The number of carbonyl (C=O) groups is 2. The van der Waals surface area contributed by atoms with Crippen molar-refractivity contribution in [2.75, 3.05) is 30.7 Å². The quantitative estimate of drug-likeness (QED) is 0.323. The maximum atomic E-state index is 12.8. The number of halogens is 3. The fourth-order valence-corrected chi connectivity index (χ4v) is 5.16. The molecule has 2 heterocycles. The van der Waals surface area contributed by atoms with Crippen LogP contribution in [-0.4, -0.2) is 47.2 Å². The first kappa shape index (κ1) is 28.3. The zero-order valence-corrected chi connectivity index (χ0v) is 22.4. The molecular formula is C30H32F3N5O3. The summed E-state index contributed by atoms with van der Waals surface area (Å²) >= 11 is 0. The zero-order valence-electron chi connectivity index (χ0n) is 22.4. The van der Waals surface area contributed by atoms with Crippen molar-refractivity contribution in [1.29, 1.82) is 0 Å². The van der Waals surface area contributed by atoms with E-state index in [-0.39, 0.29) is 12.1 Å². The number of alkyl halides is 3. The molecule has 1 spiro atoms. The number of carbonyl (C=O) groups excluding carboxylic acids is 2. The summed E-state index contributed by atoms with van der Waals surface area (Å²) in [5, 5.41) is 5.59. The summed E-state index contributed by atoms with van der Waals surface area (Å²) in [5.41, 5.74) is 8.42. The van der Waals surface area contributed by atoms with E-state index in [2.05, 4.69) is 15.5 Å². The Morgan fingerprint density at radius 1 is 0.878 bits per heavy atom. The van der Waals surface area contributed by atoms with E-state index >= 15 is 0 Å². The molecule has 3 amide bonds. The first-order chi connectivity index (χ1) is 19.6. The van der Waals surface area contributed by atoms with Crippen molar-refractivity contribution in [2.45, 2.75) is 44.3 Å². The molecule has 41 heavy (non-hydrogen) atoms. The molecular weight excluding hydrogens is 535 g/mol. The van der Waals surface area contributed by atoms with Gasteiger partial charge in [0.25, 0.3) is 0 Å². The topological polar surface area (TPSA) is 99.9 Å². The minimum atomic E-state index is -4.34. The number of urea groups is 1. The molecule has 4 N–H and O–H groups in total. The summed E-state index contributed by atoms with van der Waals surface area (Å²) in [4.78, 5) is 28.8. The third-order valence-corrected chi connectivity index (χ3v) is 7.51. The van der Waals surface area contributed by atoms with Crippen molar-refractivity contribution < 1.29 is 27.5 Å². The monoisotopic (exact) mass is 567 g/mol. The minimum absolute atomic E-state index is 0.329. The van der Waals surface area contributed by atoms with Gasteiger partial charge in [-0.25, -0.2) is 9.59 Å². The molecule has 5 rings (SSSR count).